The minimum absolute atomic E-state index is 0. The Morgan fingerprint density at radius 1 is 1.29 bits per heavy atom. The zero-order valence-electron chi connectivity index (χ0n) is 15.5. The van der Waals surface area contributed by atoms with E-state index >= 15 is 0 Å². The Labute approximate surface area is 167 Å². The number of anilines is 1. The highest BCUT2D eigenvalue weighted by Gasteiger charge is 2.21. The van der Waals surface area contributed by atoms with Crippen LogP contribution in [0.15, 0.2) is 29.2 Å². The molecular weight excluding hydrogens is 384 g/mol. The van der Waals surface area contributed by atoms with Gasteiger partial charge in [-0.25, -0.2) is 14.2 Å². The molecule has 0 atom stereocenters. The van der Waals surface area contributed by atoms with Gasteiger partial charge in [0.25, 0.3) is 0 Å². The molecule has 4 rings (SSSR count). The summed E-state index contributed by atoms with van der Waals surface area (Å²) in [5.41, 5.74) is 0.299. The molecule has 150 valence electrons. The van der Waals surface area contributed by atoms with Crippen LogP contribution in [0.25, 0.3) is 5.65 Å². The lowest BCUT2D eigenvalue weighted by molar-refractivity contribution is -0.116. The second kappa shape index (κ2) is 8.53. The Hall–Kier alpha value is -2.72. The van der Waals surface area contributed by atoms with Gasteiger partial charge in [0.2, 0.25) is 11.9 Å². The van der Waals surface area contributed by atoms with E-state index in [0.717, 1.165) is 31.8 Å². The van der Waals surface area contributed by atoms with Crippen LogP contribution in [0.1, 0.15) is 31.0 Å². The molecule has 0 spiro atoms. The summed E-state index contributed by atoms with van der Waals surface area (Å²) in [5.74, 6) is 1.28. The Balaban J connectivity index is 0.00000225. The van der Waals surface area contributed by atoms with Gasteiger partial charge in [-0.1, -0.05) is 6.07 Å². The highest BCUT2D eigenvalue weighted by Crippen LogP contribution is 2.23. The number of hydrogen-bond acceptors (Lipinski definition) is 6. The van der Waals surface area contributed by atoms with Crippen LogP contribution in [0.4, 0.5) is 5.95 Å². The Kier molecular flexibility index (Phi) is 6.10. The first-order valence-corrected chi connectivity index (χ1v) is 9.07. The molecule has 11 heteroatoms. The molecule has 0 aliphatic carbocycles. The van der Waals surface area contributed by atoms with Gasteiger partial charge >= 0.3 is 5.69 Å². The summed E-state index contributed by atoms with van der Waals surface area (Å²) in [6.45, 7) is 2.11. The fraction of sp³-hybridized carbons (Fsp3) is 0.471. The quantitative estimate of drug-likeness (QED) is 0.639. The average Bonchev–Trinajstić information content (AvgIpc) is 3.21. The Bertz CT molecular complexity index is 1020. The third-order valence-corrected chi connectivity index (χ3v) is 4.77. The maximum atomic E-state index is 12.3. The summed E-state index contributed by atoms with van der Waals surface area (Å²) in [5, 5.41) is 14.8. The number of fused-ring (bicyclic) bond motifs is 1. The van der Waals surface area contributed by atoms with Gasteiger partial charge in [-0.15, -0.1) is 17.5 Å². The number of piperidine rings is 1. The Morgan fingerprint density at radius 3 is 2.82 bits per heavy atom. The van der Waals surface area contributed by atoms with Crippen molar-refractivity contribution in [2.75, 3.05) is 18.4 Å². The molecule has 0 saturated carbocycles. The number of pyridine rings is 1. The van der Waals surface area contributed by atoms with Crippen LogP contribution in [-0.4, -0.2) is 47.9 Å². The van der Waals surface area contributed by atoms with E-state index in [4.69, 9.17) is 0 Å². The fourth-order valence-electron chi connectivity index (χ4n) is 3.27. The average molecular weight is 407 g/mol. The van der Waals surface area contributed by atoms with Crippen LogP contribution in [0.3, 0.4) is 0 Å². The lowest BCUT2D eigenvalue weighted by Crippen LogP contribution is -2.27. The highest BCUT2D eigenvalue weighted by molar-refractivity contribution is 5.88. The highest BCUT2D eigenvalue weighted by atomic mass is 35.5. The first-order chi connectivity index (χ1) is 13.1. The van der Waals surface area contributed by atoms with Crippen LogP contribution in [-0.2, 0) is 18.4 Å². The maximum absolute atomic E-state index is 12.3. The van der Waals surface area contributed by atoms with Crippen molar-refractivity contribution in [3.05, 3.63) is 40.7 Å². The van der Waals surface area contributed by atoms with Crippen LogP contribution in [0, 0.1) is 0 Å². The molecular formula is C17H23ClN8O2. The van der Waals surface area contributed by atoms with Crippen LogP contribution >= 0.6 is 12.4 Å². The van der Waals surface area contributed by atoms with Crippen molar-refractivity contribution < 1.29 is 4.79 Å². The molecule has 0 radical (unpaired) electrons. The van der Waals surface area contributed by atoms with Crippen molar-refractivity contribution >= 4 is 29.9 Å². The number of halogens is 1. The van der Waals surface area contributed by atoms with Crippen LogP contribution < -0.4 is 16.3 Å². The van der Waals surface area contributed by atoms with E-state index < -0.39 is 0 Å². The van der Waals surface area contributed by atoms with E-state index in [2.05, 4.69) is 25.8 Å². The molecule has 1 saturated heterocycles. The molecule has 0 aromatic carbocycles. The number of amides is 1. The number of aryl methyl sites for hydroxylation is 2. The predicted molar refractivity (Wildman–Crippen MR) is 106 cm³/mol. The van der Waals surface area contributed by atoms with E-state index in [-0.39, 0.29) is 37.0 Å². The monoisotopic (exact) mass is 406 g/mol. The van der Waals surface area contributed by atoms with Crippen molar-refractivity contribution in [3.63, 3.8) is 0 Å². The number of carbonyl (C=O) groups is 1. The summed E-state index contributed by atoms with van der Waals surface area (Å²) < 4.78 is 4.34. The topological polar surface area (TPSA) is 111 Å². The molecule has 3 aromatic heterocycles. The van der Waals surface area contributed by atoms with Gasteiger partial charge < -0.3 is 5.32 Å². The van der Waals surface area contributed by atoms with E-state index in [1.54, 1.807) is 30.1 Å². The number of nitrogens with zero attached hydrogens (tertiary/aromatic N) is 6. The summed E-state index contributed by atoms with van der Waals surface area (Å²) in [4.78, 5) is 29.0. The molecule has 10 nitrogen and oxygen atoms in total. The van der Waals surface area contributed by atoms with Crippen LogP contribution in [0.5, 0.6) is 0 Å². The van der Waals surface area contributed by atoms with Crippen molar-refractivity contribution in [2.45, 2.75) is 31.7 Å². The standard InChI is InChI=1S/C17H22N8O2.ClH/c1-23-16(20-15(22-23)12-5-8-18-9-6-12)19-14(26)7-11-25-17(27)24-10-3-2-4-13(24)21-25;/h2-4,10,12,18H,5-9,11H2,1H3,(H,19,20,22,26);1H. The first kappa shape index (κ1) is 20.0. The number of nitrogens with one attached hydrogen (secondary N) is 2. The first-order valence-electron chi connectivity index (χ1n) is 9.07. The molecule has 28 heavy (non-hydrogen) atoms. The molecule has 1 aliphatic rings. The maximum Gasteiger partial charge on any atom is 0.350 e. The zero-order valence-corrected chi connectivity index (χ0v) is 16.4. The zero-order chi connectivity index (χ0) is 18.8. The molecule has 3 aromatic rings. The third-order valence-electron chi connectivity index (χ3n) is 4.77. The van der Waals surface area contributed by atoms with Gasteiger partial charge in [0.05, 0.1) is 6.54 Å². The second-order valence-electron chi connectivity index (χ2n) is 6.67. The normalized spacial score (nSPS) is 14.8. The summed E-state index contributed by atoms with van der Waals surface area (Å²) in [7, 11) is 1.76. The molecule has 1 amide bonds. The molecule has 1 aliphatic heterocycles. The number of carbonyl (C=O) groups excluding carboxylic acids is 1. The number of hydrogen-bond donors (Lipinski definition) is 2. The van der Waals surface area contributed by atoms with Crippen molar-refractivity contribution in [1.82, 2.24) is 34.3 Å². The van der Waals surface area contributed by atoms with Gasteiger partial charge in [-0.3, -0.25) is 14.5 Å². The van der Waals surface area contributed by atoms with Gasteiger partial charge in [0.1, 0.15) is 0 Å². The molecule has 0 bridgehead atoms. The van der Waals surface area contributed by atoms with E-state index in [1.165, 1.54) is 9.08 Å². The van der Waals surface area contributed by atoms with Gasteiger partial charge in [-0.2, -0.15) is 10.1 Å². The van der Waals surface area contributed by atoms with Gasteiger partial charge in [0, 0.05) is 25.6 Å². The lowest BCUT2D eigenvalue weighted by Gasteiger charge is -2.19. The third kappa shape index (κ3) is 4.07. The largest absolute Gasteiger partial charge is 0.350 e. The summed E-state index contributed by atoms with van der Waals surface area (Å²) in [6.07, 6.45) is 3.77. The molecule has 4 heterocycles. The van der Waals surface area contributed by atoms with Crippen molar-refractivity contribution in [3.8, 4) is 0 Å². The molecule has 1 fully saturated rings. The van der Waals surface area contributed by atoms with E-state index in [0.29, 0.717) is 17.5 Å². The fourth-order valence-corrected chi connectivity index (χ4v) is 3.27. The minimum atomic E-state index is -0.259. The van der Waals surface area contributed by atoms with Crippen molar-refractivity contribution in [2.24, 2.45) is 7.05 Å². The number of aromatic nitrogens is 6. The summed E-state index contributed by atoms with van der Waals surface area (Å²) >= 11 is 0. The lowest BCUT2D eigenvalue weighted by atomic mass is 9.98. The Morgan fingerprint density at radius 2 is 2.07 bits per heavy atom. The summed E-state index contributed by atoms with van der Waals surface area (Å²) in [6, 6.07) is 5.33. The second-order valence-corrected chi connectivity index (χ2v) is 6.67. The van der Waals surface area contributed by atoms with Crippen LogP contribution in [0.2, 0.25) is 0 Å². The number of rotatable bonds is 5. The van der Waals surface area contributed by atoms with E-state index in [9.17, 15) is 9.59 Å². The van der Waals surface area contributed by atoms with Gasteiger partial charge in [-0.05, 0) is 38.1 Å². The SMILES string of the molecule is Cl.Cn1nc(C2CCNCC2)nc1NC(=O)CCn1nc2ccccn2c1=O. The minimum Gasteiger partial charge on any atom is -0.317 e. The van der Waals surface area contributed by atoms with Gasteiger partial charge in [0.15, 0.2) is 11.5 Å². The predicted octanol–water partition coefficient (Wildman–Crippen LogP) is 0.542. The smallest absolute Gasteiger partial charge is 0.317 e. The van der Waals surface area contributed by atoms with Crippen molar-refractivity contribution in [1.29, 1.82) is 0 Å². The molecule has 0 unspecified atom stereocenters. The molecule has 2 N–H and O–H groups in total. The van der Waals surface area contributed by atoms with E-state index in [1.807, 2.05) is 6.07 Å².